The van der Waals surface area contributed by atoms with Crippen LogP contribution in [-0.4, -0.2) is 50.9 Å². The van der Waals surface area contributed by atoms with E-state index in [1.807, 2.05) is 83.4 Å². The molecule has 0 atom stereocenters. The molecule has 2 amide bonds. The molecule has 0 spiro atoms. The summed E-state index contributed by atoms with van der Waals surface area (Å²) in [5.41, 5.74) is 6.75. The first-order chi connectivity index (χ1) is 19.9. The Labute approximate surface area is 237 Å². The molecule has 3 aromatic carbocycles. The second-order valence-corrected chi connectivity index (χ2v) is 10.2. The normalized spacial score (nSPS) is 13.9. The Morgan fingerprint density at radius 3 is 2.20 bits per heavy atom. The Morgan fingerprint density at radius 1 is 0.902 bits per heavy atom. The van der Waals surface area contributed by atoms with Gasteiger partial charge in [0, 0.05) is 29.3 Å². The van der Waals surface area contributed by atoms with Crippen LogP contribution >= 0.6 is 0 Å². The third-order valence-corrected chi connectivity index (χ3v) is 7.78. The Morgan fingerprint density at radius 2 is 1.59 bits per heavy atom. The van der Waals surface area contributed by atoms with Crippen LogP contribution in [0.1, 0.15) is 35.2 Å². The summed E-state index contributed by atoms with van der Waals surface area (Å²) >= 11 is 0. The minimum Gasteiger partial charge on any atom is -0.465 e. The van der Waals surface area contributed by atoms with Crippen LogP contribution in [0.4, 0.5) is 4.79 Å². The standard InChI is InChI=1S/C32H29N5O4/c1-36(41-2)30(38)24-11-9-21(10-12-24)26-17-18-27-33-28(29(37(27)35-26)23-7-4-3-5-8-23)22-13-15-25(16-14-22)32(19-6-20-32)34-31(39)40/h3-5,7-18,34H,6,19-20H2,1-2H3,(H,39,40). The van der Waals surface area contributed by atoms with Gasteiger partial charge in [0.15, 0.2) is 5.65 Å². The fourth-order valence-electron chi connectivity index (χ4n) is 5.36. The van der Waals surface area contributed by atoms with Crippen molar-refractivity contribution in [2.45, 2.75) is 24.8 Å². The number of rotatable bonds is 7. The number of benzene rings is 3. The maximum atomic E-state index is 12.4. The number of hydrogen-bond donors (Lipinski definition) is 2. The number of hydroxylamine groups is 2. The third kappa shape index (κ3) is 4.81. The van der Waals surface area contributed by atoms with Gasteiger partial charge in [0.1, 0.15) is 5.69 Å². The first-order valence-electron chi connectivity index (χ1n) is 13.4. The zero-order valence-electron chi connectivity index (χ0n) is 22.7. The van der Waals surface area contributed by atoms with Gasteiger partial charge >= 0.3 is 6.09 Å². The van der Waals surface area contributed by atoms with E-state index in [0.717, 1.165) is 58.6 Å². The molecule has 2 heterocycles. The Bertz CT molecular complexity index is 1730. The van der Waals surface area contributed by atoms with Crippen molar-refractivity contribution in [3.05, 3.63) is 102 Å². The van der Waals surface area contributed by atoms with Crippen LogP contribution in [0, 0.1) is 0 Å². The van der Waals surface area contributed by atoms with E-state index in [9.17, 15) is 14.7 Å². The van der Waals surface area contributed by atoms with Gasteiger partial charge in [0.2, 0.25) is 0 Å². The molecule has 206 valence electrons. The molecule has 1 saturated carbocycles. The molecule has 9 nitrogen and oxygen atoms in total. The average molecular weight is 548 g/mol. The van der Waals surface area contributed by atoms with Crippen LogP contribution in [0.25, 0.3) is 39.4 Å². The van der Waals surface area contributed by atoms with Crippen molar-refractivity contribution >= 4 is 17.6 Å². The summed E-state index contributed by atoms with van der Waals surface area (Å²) in [7, 11) is 3.02. The van der Waals surface area contributed by atoms with Crippen molar-refractivity contribution in [1.82, 2.24) is 25.0 Å². The van der Waals surface area contributed by atoms with Crippen LogP contribution in [0.2, 0.25) is 0 Å². The molecule has 2 N–H and O–H groups in total. The molecule has 9 heteroatoms. The predicted octanol–water partition coefficient (Wildman–Crippen LogP) is 6.01. The third-order valence-electron chi connectivity index (χ3n) is 7.78. The first-order valence-corrected chi connectivity index (χ1v) is 13.4. The van der Waals surface area contributed by atoms with E-state index in [0.29, 0.717) is 11.2 Å². The van der Waals surface area contributed by atoms with Crippen molar-refractivity contribution in [2.75, 3.05) is 14.2 Å². The second-order valence-electron chi connectivity index (χ2n) is 10.2. The predicted molar refractivity (Wildman–Crippen MR) is 155 cm³/mol. The Kier molecular flexibility index (Phi) is 6.72. The number of carboxylic acid groups (broad SMARTS) is 1. The Balaban J connectivity index is 1.41. The highest BCUT2D eigenvalue weighted by molar-refractivity contribution is 5.93. The second kappa shape index (κ2) is 10.5. The number of imidazole rings is 1. The zero-order chi connectivity index (χ0) is 28.6. The maximum Gasteiger partial charge on any atom is 0.405 e. The SMILES string of the molecule is CON(C)C(=O)c1ccc(-c2ccc3nc(-c4ccc(C5(NC(=O)O)CCC5)cc4)c(-c4ccccc4)n3n2)cc1. The van der Waals surface area contributed by atoms with Gasteiger partial charge in [-0.2, -0.15) is 5.10 Å². The molecule has 0 unspecified atom stereocenters. The smallest absolute Gasteiger partial charge is 0.405 e. The number of fused-ring (bicyclic) bond motifs is 1. The van der Waals surface area contributed by atoms with Gasteiger partial charge in [-0.3, -0.25) is 9.63 Å². The van der Waals surface area contributed by atoms with Crippen molar-refractivity contribution in [2.24, 2.45) is 0 Å². The minimum absolute atomic E-state index is 0.235. The van der Waals surface area contributed by atoms with Gasteiger partial charge < -0.3 is 10.4 Å². The van der Waals surface area contributed by atoms with Crippen LogP contribution in [-0.2, 0) is 10.4 Å². The highest BCUT2D eigenvalue weighted by Gasteiger charge is 2.40. The maximum absolute atomic E-state index is 12.4. The van der Waals surface area contributed by atoms with Crippen LogP contribution < -0.4 is 5.32 Å². The fourth-order valence-corrected chi connectivity index (χ4v) is 5.36. The molecule has 0 saturated heterocycles. The quantitative estimate of drug-likeness (QED) is 0.242. The molecule has 41 heavy (non-hydrogen) atoms. The highest BCUT2D eigenvalue weighted by Crippen LogP contribution is 2.42. The number of carbonyl (C=O) groups excluding carboxylic acids is 1. The lowest BCUT2D eigenvalue weighted by atomic mass is 9.72. The fraction of sp³-hybridized carbons (Fsp3) is 0.188. The minimum atomic E-state index is -1.01. The number of nitrogens with zero attached hydrogens (tertiary/aromatic N) is 4. The van der Waals surface area contributed by atoms with E-state index in [2.05, 4.69) is 5.32 Å². The number of nitrogens with one attached hydrogen (secondary N) is 1. The molecule has 5 aromatic rings. The lowest BCUT2D eigenvalue weighted by molar-refractivity contribution is -0.0756. The zero-order valence-corrected chi connectivity index (χ0v) is 22.7. The lowest BCUT2D eigenvalue weighted by Crippen LogP contribution is -2.50. The molecule has 1 fully saturated rings. The first kappa shape index (κ1) is 26.2. The molecule has 1 aliphatic rings. The summed E-state index contributed by atoms with van der Waals surface area (Å²) in [5, 5.41) is 18.2. The lowest BCUT2D eigenvalue weighted by Gasteiger charge is -2.42. The van der Waals surface area contributed by atoms with Crippen LogP contribution in [0.3, 0.4) is 0 Å². The summed E-state index contributed by atoms with van der Waals surface area (Å²) in [6.45, 7) is 0. The highest BCUT2D eigenvalue weighted by atomic mass is 16.7. The molecule has 6 rings (SSSR count). The molecule has 0 bridgehead atoms. The van der Waals surface area contributed by atoms with E-state index in [4.69, 9.17) is 14.9 Å². The summed E-state index contributed by atoms with van der Waals surface area (Å²) < 4.78 is 1.85. The number of aromatic nitrogens is 3. The van der Waals surface area contributed by atoms with Crippen LogP contribution in [0.5, 0.6) is 0 Å². The average Bonchev–Trinajstić information content (AvgIpc) is 3.37. The van der Waals surface area contributed by atoms with Gasteiger partial charge in [-0.1, -0.05) is 66.7 Å². The van der Waals surface area contributed by atoms with Gasteiger partial charge in [-0.25, -0.2) is 19.4 Å². The molecular formula is C32H29N5O4. The number of carbonyl (C=O) groups is 2. The summed E-state index contributed by atoms with van der Waals surface area (Å²) in [6.07, 6.45) is 1.55. The molecule has 1 aliphatic carbocycles. The molecule has 2 aromatic heterocycles. The molecule has 0 aliphatic heterocycles. The topological polar surface area (TPSA) is 109 Å². The van der Waals surface area contributed by atoms with E-state index in [1.54, 1.807) is 19.2 Å². The number of hydrogen-bond acceptors (Lipinski definition) is 5. The van der Waals surface area contributed by atoms with Crippen molar-refractivity contribution in [1.29, 1.82) is 0 Å². The van der Waals surface area contributed by atoms with Crippen LogP contribution in [0.15, 0.2) is 91.0 Å². The van der Waals surface area contributed by atoms with E-state index in [-0.39, 0.29) is 5.91 Å². The molecule has 0 radical (unpaired) electrons. The van der Waals surface area contributed by atoms with Gasteiger partial charge in [-0.05, 0) is 49.1 Å². The van der Waals surface area contributed by atoms with E-state index >= 15 is 0 Å². The summed E-state index contributed by atoms with van der Waals surface area (Å²) in [6, 6.07) is 29.1. The summed E-state index contributed by atoms with van der Waals surface area (Å²) in [4.78, 5) is 33.8. The number of amides is 2. The van der Waals surface area contributed by atoms with Gasteiger partial charge in [0.25, 0.3) is 5.91 Å². The van der Waals surface area contributed by atoms with Gasteiger partial charge in [0.05, 0.1) is 24.0 Å². The van der Waals surface area contributed by atoms with Crippen molar-refractivity contribution in [3.63, 3.8) is 0 Å². The van der Waals surface area contributed by atoms with Gasteiger partial charge in [-0.15, -0.1) is 0 Å². The monoisotopic (exact) mass is 547 g/mol. The largest absolute Gasteiger partial charge is 0.465 e. The van der Waals surface area contributed by atoms with Crippen molar-refractivity contribution in [3.8, 4) is 33.8 Å². The van der Waals surface area contributed by atoms with E-state index < -0.39 is 11.6 Å². The van der Waals surface area contributed by atoms with Crippen molar-refractivity contribution < 1.29 is 19.5 Å². The Hall–Kier alpha value is -5.02. The van der Waals surface area contributed by atoms with E-state index in [1.165, 1.54) is 12.2 Å². The summed E-state index contributed by atoms with van der Waals surface area (Å²) in [5.74, 6) is -0.235. The molecular weight excluding hydrogens is 518 g/mol.